The van der Waals surface area contributed by atoms with Crippen molar-refractivity contribution in [2.24, 2.45) is 0 Å². The smallest absolute Gasteiger partial charge is 0.222 e. The standard InChI is InChI=1S/C13H25NO4/c1-4-17-7-5-6-12(16)14-8-11(9-15)18-13(2,3)10-14/h11,15H,4-10H2,1-3H3. The van der Waals surface area contributed by atoms with Gasteiger partial charge in [0.2, 0.25) is 5.91 Å². The minimum atomic E-state index is -0.388. The number of carbonyl (C=O) groups excluding carboxylic acids is 1. The molecule has 1 rings (SSSR count). The van der Waals surface area contributed by atoms with Gasteiger partial charge in [-0.3, -0.25) is 4.79 Å². The van der Waals surface area contributed by atoms with E-state index in [1.165, 1.54) is 0 Å². The number of amides is 1. The zero-order valence-corrected chi connectivity index (χ0v) is 11.6. The molecule has 1 aliphatic heterocycles. The van der Waals surface area contributed by atoms with Crippen molar-refractivity contribution in [3.8, 4) is 0 Å². The Hall–Kier alpha value is -0.650. The highest BCUT2D eigenvalue weighted by Crippen LogP contribution is 2.21. The van der Waals surface area contributed by atoms with Gasteiger partial charge in [-0.05, 0) is 27.2 Å². The monoisotopic (exact) mass is 259 g/mol. The van der Waals surface area contributed by atoms with Gasteiger partial charge in [0.25, 0.3) is 0 Å². The van der Waals surface area contributed by atoms with E-state index in [2.05, 4.69) is 0 Å². The van der Waals surface area contributed by atoms with Crippen LogP contribution in [0.2, 0.25) is 0 Å². The molecule has 1 aliphatic rings. The van der Waals surface area contributed by atoms with Gasteiger partial charge in [-0.1, -0.05) is 0 Å². The normalized spacial score (nSPS) is 23.1. The molecule has 0 aromatic rings. The molecule has 5 nitrogen and oxygen atoms in total. The van der Waals surface area contributed by atoms with Gasteiger partial charge in [-0.2, -0.15) is 0 Å². The van der Waals surface area contributed by atoms with E-state index in [4.69, 9.17) is 9.47 Å². The lowest BCUT2D eigenvalue weighted by Gasteiger charge is -2.42. The molecule has 18 heavy (non-hydrogen) atoms. The first-order valence-electron chi connectivity index (χ1n) is 6.62. The SMILES string of the molecule is CCOCCCC(=O)N1CC(CO)OC(C)(C)C1. The Morgan fingerprint density at radius 1 is 1.56 bits per heavy atom. The molecule has 0 bridgehead atoms. The zero-order valence-electron chi connectivity index (χ0n) is 11.6. The number of morpholine rings is 1. The summed E-state index contributed by atoms with van der Waals surface area (Å²) < 4.78 is 10.9. The molecule has 0 saturated carbocycles. The van der Waals surface area contributed by atoms with Crippen LogP contribution in [0.25, 0.3) is 0 Å². The first-order chi connectivity index (χ1) is 8.48. The van der Waals surface area contributed by atoms with Gasteiger partial charge < -0.3 is 19.5 Å². The highest BCUT2D eigenvalue weighted by molar-refractivity contribution is 5.76. The molecule has 0 aliphatic carbocycles. The summed E-state index contributed by atoms with van der Waals surface area (Å²) in [6, 6.07) is 0. The molecule has 0 aromatic carbocycles. The number of carbonyl (C=O) groups is 1. The van der Waals surface area contributed by atoms with Crippen LogP contribution in [-0.2, 0) is 14.3 Å². The fourth-order valence-electron chi connectivity index (χ4n) is 2.21. The van der Waals surface area contributed by atoms with E-state index in [9.17, 15) is 9.90 Å². The maximum absolute atomic E-state index is 12.0. The predicted octanol–water partition coefficient (Wildman–Crippen LogP) is 0.801. The maximum Gasteiger partial charge on any atom is 0.222 e. The van der Waals surface area contributed by atoms with Gasteiger partial charge in [-0.25, -0.2) is 0 Å². The summed E-state index contributed by atoms with van der Waals surface area (Å²) in [5.74, 6) is 0.115. The second-order valence-corrected chi connectivity index (χ2v) is 5.26. The van der Waals surface area contributed by atoms with Crippen LogP contribution in [0.4, 0.5) is 0 Å². The van der Waals surface area contributed by atoms with Crippen molar-refractivity contribution in [1.29, 1.82) is 0 Å². The molecule has 1 unspecified atom stereocenters. The maximum atomic E-state index is 12.0. The van der Waals surface area contributed by atoms with Crippen LogP contribution in [-0.4, -0.2) is 60.5 Å². The lowest BCUT2D eigenvalue weighted by Crippen LogP contribution is -2.55. The molecule has 106 valence electrons. The van der Waals surface area contributed by atoms with E-state index in [-0.39, 0.29) is 24.2 Å². The summed E-state index contributed by atoms with van der Waals surface area (Å²) in [6.07, 6.45) is 0.965. The molecule has 1 N–H and O–H groups in total. The molecule has 1 amide bonds. The molecule has 0 spiro atoms. The number of aliphatic hydroxyl groups excluding tert-OH is 1. The highest BCUT2D eigenvalue weighted by atomic mass is 16.5. The Morgan fingerprint density at radius 2 is 2.28 bits per heavy atom. The van der Waals surface area contributed by atoms with Crippen LogP contribution < -0.4 is 0 Å². The van der Waals surface area contributed by atoms with Crippen molar-refractivity contribution < 1.29 is 19.4 Å². The highest BCUT2D eigenvalue weighted by Gasteiger charge is 2.34. The van der Waals surface area contributed by atoms with E-state index in [1.54, 1.807) is 4.90 Å². The second kappa shape index (κ2) is 7.07. The Morgan fingerprint density at radius 3 is 2.89 bits per heavy atom. The lowest BCUT2D eigenvalue weighted by atomic mass is 10.0. The summed E-state index contributed by atoms with van der Waals surface area (Å²) in [5.41, 5.74) is -0.388. The van der Waals surface area contributed by atoms with Gasteiger partial charge in [0.05, 0.1) is 18.3 Å². The number of aliphatic hydroxyl groups is 1. The van der Waals surface area contributed by atoms with Crippen LogP contribution in [0, 0.1) is 0 Å². The molecule has 0 aromatic heterocycles. The molecule has 1 atom stereocenters. The van der Waals surface area contributed by atoms with Crippen LogP contribution in [0.1, 0.15) is 33.6 Å². The topological polar surface area (TPSA) is 59.0 Å². The first kappa shape index (κ1) is 15.4. The summed E-state index contributed by atoms with van der Waals surface area (Å²) in [5, 5.41) is 9.19. The molecule has 1 saturated heterocycles. The van der Waals surface area contributed by atoms with Crippen molar-refractivity contribution in [3.63, 3.8) is 0 Å². The first-order valence-corrected chi connectivity index (χ1v) is 6.62. The average Bonchev–Trinajstić information content (AvgIpc) is 2.32. The van der Waals surface area contributed by atoms with Gasteiger partial charge >= 0.3 is 0 Å². The van der Waals surface area contributed by atoms with Gasteiger partial charge in [0.1, 0.15) is 0 Å². The van der Waals surface area contributed by atoms with Gasteiger partial charge in [0.15, 0.2) is 0 Å². The second-order valence-electron chi connectivity index (χ2n) is 5.26. The Labute approximate surface area is 109 Å². The summed E-state index contributed by atoms with van der Waals surface area (Å²) in [7, 11) is 0. The van der Waals surface area contributed by atoms with Crippen molar-refractivity contribution >= 4 is 5.91 Å². The van der Waals surface area contributed by atoms with Crippen molar-refractivity contribution in [3.05, 3.63) is 0 Å². The van der Waals surface area contributed by atoms with E-state index in [1.807, 2.05) is 20.8 Å². The van der Waals surface area contributed by atoms with E-state index in [0.717, 1.165) is 6.42 Å². The summed E-state index contributed by atoms with van der Waals surface area (Å²) >= 11 is 0. The number of nitrogens with zero attached hydrogens (tertiary/aromatic N) is 1. The summed E-state index contributed by atoms with van der Waals surface area (Å²) in [4.78, 5) is 13.8. The van der Waals surface area contributed by atoms with Crippen molar-refractivity contribution in [2.45, 2.75) is 45.3 Å². The number of hydrogen-bond donors (Lipinski definition) is 1. The average molecular weight is 259 g/mol. The van der Waals surface area contributed by atoms with Crippen molar-refractivity contribution in [2.75, 3.05) is 32.9 Å². The van der Waals surface area contributed by atoms with Crippen LogP contribution in [0.3, 0.4) is 0 Å². The molecular formula is C13H25NO4. The third kappa shape index (κ3) is 4.92. The Balaban J connectivity index is 2.41. The Bertz CT molecular complexity index is 268. The number of ether oxygens (including phenoxy) is 2. The zero-order chi connectivity index (χ0) is 13.6. The third-order valence-corrected chi connectivity index (χ3v) is 2.92. The van der Waals surface area contributed by atoms with Gasteiger partial charge in [-0.15, -0.1) is 0 Å². The molecular weight excluding hydrogens is 234 g/mol. The van der Waals surface area contributed by atoms with E-state index >= 15 is 0 Å². The Kier molecular flexibility index (Phi) is 6.05. The largest absolute Gasteiger partial charge is 0.394 e. The summed E-state index contributed by atoms with van der Waals surface area (Å²) in [6.45, 7) is 8.14. The quantitative estimate of drug-likeness (QED) is 0.717. The fraction of sp³-hybridized carbons (Fsp3) is 0.923. The van der Waals surface area contributed by atoms with Gasteiger partial charge in [0, 0.05) is 32.7 Å². The molecule has 0 radical (unpaired) electrons. The van der Waals surface area contributed by atoms with Crippen LogP contribution in [0.5, 0.6) is 0 Å². The number of hydrogen-bond acceptors (Lipinski definition) is 4. The molecule has 1 heterocycles. The van der Waals surface area contributed by atoms with E-state index in [0.29, 0.717) is 32.7 Å². The molecule has 1 fully saturated rings. The minimum Gasteiger partial charge on any atom is -0.394 e. The molecule has 5 heteroatoms. The number of rotatable bonds is 6. The van der Waals surface area contributed by atoms with Crippen LogP contribution in [0.15, 0.2) is 0 Å². The van der Waals surface area contributed by atoms with Crippen molar-refractivity contribution in [1.82, 2.24) is 4.90 Å². The fourth-order valence-corrected chi connectivity index (χ4v) is 2.21. The third-order valence-electron chi connectivity index (χ3n) is 2.92. The lowest BCUT2D eigenvalue weighted by molar-refractivity contribution is -0.167. The van der Waals surface area contributed by atoms with Crippen LogP contribution >= 0.6 is 0 Å². The minimum absolute atomic E-state index is 0.0494. The predicted molar refractivity (Wildman–Crippen MR) is 68.3 cm³/mol. The van der Waals surface area contributed by atoms with E-state index < -0.39 is 0 Å².